The van der Waals surface area contributed by atoms with Crippen molar-refractivity contribution >= 4 is 0 Å². The number of hydrogen-bond acceptors (Lipinski definition) is 5. The zero-order valence-corrected chi connectivity index (χ0v) is 10.8. The van der Waals surface area contributed by atoms with Crippen LogP contribution in [0.4, 0.5) is 0 Å². The molecule has 2 heterocycles. The second-order valence-corrected chi connectivity index (χ2v) is 4.31. The topological polar surface area (TPSA) is 75.8 Å². The molecule has 0 spiro atoms. The van der Waals surface area contributed by atoms with Gasteiger partial charge in [0, 0.05) is 5.56 Å². The van der Waals surface area contributed by atoms with Crippen LogP contribution in [0.1, 0.15) is 11.3 Å². The summed E-state index contributed by atoms with van der Waals surface area (Å²) in [6.07, 6.45) is 1.89. The largest absolute Gasteiger partial charge is 0.469 e. The zero-order valence-electron chi connectivity index (χ0n) is 10.8. The zero-order chi connectivity index (χ0) is 13.9. The average molecular weight is 265 g/mol. The third-order valence-electron chi connectivity index (χ3n) is 3.04. The van der Waals surface area contributed by atoms with E-state index in [9.17, 15) is 0 Å². The minimum atomic E-state index is 0.304. The van der Waals surface area contributed by atoms with Gasteiger partial charge in [-0.15, -0.1) is 0 Å². The van der Waals surface area contributed by atoms with Gasteiger partial charge < -0.3 is 8.94 Å². The minimum Gasteiger partial charge on any atom is -0.469 e. The molecule has 0 saturated heterocycles. The summed E-state index contributed by atoms with van der Waals surface area (Å²) in [7, 11) is 0. The Bertz CT molecular complexity index is 780. The first-order valence-corrected chi connectivity index (χ1v) is 6.13. The van der Waals surface area contributed by atoms with Crippen molar-refractivity contribution in [2.45, 2.75) is 13.3 Å². The van der Waals surface area contributed by atoms with E-state index < -0.39 is 0 Å². The molecule has 5 nitrogen and oxygen atoms in total. The highest BCUT2D eigenvalue weighted by Crippen LogP contribution is 2.27. The molecule has 0 N–H and O–H groups in total. The summed E-state index contributed by atoms with van der Waals surface area (Å²) in [5.74, 6) is 1.63. The molecule has 98 valence electrons. The van der Waals surface area contributed by atoms with Crippen LogP contribution in [0.2, 0.25) is 0 Å². The number of nitrogens with zero attached hydrogens (tertiary/aromatic N) is 3. The quantitative estimate of drug-likeness (QED) is 0.725. The van der Waals surface area contributed by atoms with Gasteiger partial charge in [0.15, 0.2) is 0 Å². The van der Waals surface area contributed by atoms with Crippen LogP contribution in [0.5, 0.6) is 0 Å². The lowest BCUT2D eigenvalue weighted by Crippen LogP contribution is -1.88. The maximum atomic E-state index is 8.85. The summed E-state index contributed by atoms with van der Waals surface area (Å²) in [6.45, 7) is 1.84. The number of aryl methyl sites for hydroxylation is 1. The highest BCUT2D eigenvalue weighted by atomic mass is 16.5. The van der Waals surface area contributed by atoms with E-state index in [0.717, 1.165) is 22.5 Å². The Morgan fingerprint density at radius 3 is 2.80 bits per heavy atom. The van der Waals surface area contributed by atoms with Crippen LogP contribution in [0, 0.1) is 18.3 Å². The number of rotatable bonds is 3. The van der Waals surface area contributed by atoms with Crippen molar-refractivity contribution in [3.05, 3.63) is 47.9 Å². The molecule has 0 atom stereocenters. The van der Waals surface area contributed by atoms with Crippen LogP contribution in [-0.4, -0.2) is 10.1 Å². The van der Waals surface area contributed by atoms with E-state index in [1.54, 1.807) is 12.3 Å². The third-order valence-corrected chi connectivity index (χ3v) is 3.04. The van der Waals surface area contributed by atoms with E-state index in [4.69, 9.17) is 14.2 Å². The molecule has 3 aromatic rings. The lowest BCUT2D eigenvalue weighted by Gasteiger charge is -2.00. The monoisotopic (exact) mass is 265 g/mol. The first-order valence-electron chi connectivity index (χ1n) is 6.13. The Kier molecular flexibility index (Phi) is 3.05. The fourth-order valence-electron chi connectivity index (χ4n) is 2.03. The van der Waals surface area contributed by atoms with E-state index in [1.165, 1.54) is 0 Å². The maximum Gasteiger partial charge on any atom is 0.258 e. The van der Waals surface area contributed by atoms with E-state index >= 15 is 0 Å². The molecule has 20 heavy (non-hydrogen) atoms. The van der Waals surface area contributed by atoms with Crippen LogP contribution >= 0.6 is 0 Å². The maximum absolute atomic E-state index is 8.85. The van der Waals surface area contributed by atoms with Crippen molar-refractivity contribution in [3.63, 3.8) is 0 Å². The Morgan fingerprint density at radius 2 is 2.05 bits per heavy atom. The Morgan fingerprint density at radius 1 is 1.20 bits per heavy atom. The first-order chi connectivity index (χ1) is 9.79. The molecule has 0 amide bonds. The van der Waals surface area contributed by atoms with Crippen molar-refractivity contribution in [2.75, 3.05) is 0 Å². The molecule has 0 fully saturated rings. The third kappa shape index (κ3) is 2.08. The van der Waals surface area contributed by atoms with Gasteiger partial charge in [0.1, 0.15) is 5.76 Å². The highest BCUT2D eigenvalue weighted by molar-refractivity contribution is 5.63. The molecule has 0 radical (unpaired) electrons. The summed E-state index contributed by atoms with van der Waals surface area (Å²) in [5, 5.41) is 12.8. The van der Waals surface area contributed by atoms with Gasteiger partial charge in [0.25, 0.3) is 5.89 Å². The van der Waals surface area contributed by atoms with E-state index in [0.29, 0.717) is 18.1 Å². The Balaban J connectivity index is 2.03. The molecule has 0 bridgehead atoms. The van der Waals surface area contributed by atoms with E-state index in [1.807, 2.05) is 31.2 Å². The van der Waals surface area contributed by atoms with E-state index in [-0.39, 0.29) is 0 Å². The fourth-order valence-corrected chi connectivity index (χ4v) is 2.03. The summed E-state index contributed by atoms with van der Waals surface area (Å²) in [4.78, 5) is 4.38. The van der Waals surface area contributed by atoms with Gasteiger partial charge in [0.05, 0.1) is 24.3 Å². The molecule has 0 aliphatic heterocycles. The second-order valence-electron chi connectivity index (χ2n) is 4.31. The summed E-state index contributed by atoms with van der Waals surface area (Å²) in [5.41, 5.74) is 2.46. The molecular weight excluding hydrogens is 254 g/mol. The number of nitriles is 1. The first kappa shape index (κ1) is 12.2. The molecule has 0 aliphatic carbocycles. The molecule has 3 rings (SSSR count). The van der Waals surface area contributed by atoms with Crippen LogP contribution in [0.15, 0.2) is 45.5 Å². The van der Waals surface area contributed by atoms with Gasteiger partial charge >= 0.3 is 0 Å². The Hall–Kier alpha value is -2.87. The summed E-state index contributed by atoms with van der Waals surface area (Å²) >= 11 is 0. The number of benzene rings is 1. The van der Waals surface area contributed by atoms with Gasteiger partial charge in [-0.05, 0) is 24.6 Å². The van der Waals surface area contributed by atoms with Gasteiger partial charge in [-0.3, -0.25) is 0 Å². The van der Waals surface area contributed by atoms with Gasteiger partial charge in [-0.25, -0.2) is 0 Å². The van der Waals surface area contributed by atoms with Crippen molar-refractivity contribution in [1.82, 2.24) is 10.1 Å². The molecular formula is C15H11N3O2. The smallest absolute Gasteiger partial charge is 0.258 e. The van der Waals surface area contributed by atoms with Crippen molar-refractivity contribution in [3.8, 4) is 28.9 Å². The lowest BCUT2D eigenvalue weighted by molar-refractivity contribution is 0.431. The highest BCUT2D eigenvalue weighted by Gasteiger charge is 2.15. The molecule has 0 aliphatic rings. The van der Waals surface area contributed by atoms with Crippen molar-refractivity contribution in [1.29, 1.82) is 5.26 Å². The van der Waals surface area contributed by atoms with E-state index in [2.05, 4.69) is 16.2 Å². The van der Waals surface area contributed by atoms with Crippen LogP contribution < -0.4 is 0 Å². The second kappa shape index (κ2) is 5.02. The number of hydrogen-bond donors (Lipinski definition) is 0. The molecule has 1 aromatic carbocycles. The average Bonchev–Trinajstić information content (AvgIpc) is 3.08. The van der Waals surface area contributed by atoms with Crippen LogP contribution in [-0.2, 0) is 6.42 Å². The van der Waals surface area contributed by atoms with Crippen LogP contribution in [0.25, 0.3) is 22.8 Å². The predicted octanol–water partition coefficient (Wildman–Crippen LogP) is 3.37. The van der Waals surface area contributed by atoms with Crippen LogP contribution in [0.3, 0.4) is 0 Å². The predicted molar refractivity (Wildman–Crippen MR) is 71.5 cm³/mol. The number of aromatic nitrogens is 2. The summed E-state index contributed by atoms with van der Waals surface area (Å²) < 4.78 is 10.5. The van der Waals surface area contributed by atoms with Gasteiger partial charge in [-0.1, -0.05) is 23.4 Å². The normalized spacial score (nSPS) is 10.4. The minimum absolute atomic E-state index is 0.304. The fraction of sp³-hybridized carbons (Fsp3) is 0.133. The molecule has 2 aromatic heterocycles. The van der Waals surface area contributed by atoms with Gasteiger partial charge in [-0.2, -0.15) is 10.2 Å². The molecule has 0 unspecified atom stereocenters. The molecule has 5 heteroatoms. The number of furan rings is 1. The van der Waals surface area contributed by atoms with Crippen molar-refractivity contribution in [2.24, 2.45) is 0 Å². The lowest BCUT2D eigenvalue weighted by atomic mass is 10.1. The van der Waals surface area contributed by atoms with Gasteiger partial charge in [0.2, 0.25) is 5.82 Å². The SMILES string of the molecule is Cc1occc1-c1noc(-c2ccccc2CC#N)n1. The standard InChI is InChI=1S/C15H11N3O2/c1-10-12(7-9-19-10)14-17-15(20-18-14)13-5-3-2-4-11(13)6-8-16/h2-5,7,9H,6H2,1H3. The summed E-state index contributed by atoms with van der Waals surface area (Å²) in [6, 6.07) is 11.4. The van der Waals surface area contributed by atoms with Crippen molar-refractivity contribution < 1.29 is 8.94 Å². The molecule has 0 saturated carbocycles. The Labute approximate surface area is 115 Å².